The van der Waals surface area contributed by atoms with E-state index in [0.29, 0.717) is 4.74 Å². The molecule has 0 aliphatic rings. The number of azide groups is 1. The van der Waals surface area contributed by atoms with E-state index in [-0.39, 0.29) is 0 Å². The molecule has 0 saturated carbocycles. The molecule has 113 heavy (non-hydrogen) atoms. The first kappa shape index (κ1) is 98.1. The first-order valence-corrected chi connectivity index (χ1v) is 24.3. The SMILES string of the molecule is [N-]=[N+]=NC(F)(c1c(F)c(F)c(F)c(F)c1F)C(F)(F)OC(F)(F)C(F)(F)OC(F)(F)C(F)(F)OC(F)(F)C(F)(F)OC(F)(F)C(F)(F)C(=O)N(F)C(C(F)(F)OC(F)(F)C(F)(F)C(=O)O)(C(F)(F)OC(F)(F)C(F)(F)C(=O)Oc1c(F)c(F)c(F)c(F)c1F)C(F)(F)OC(F)(F)C(F)(F)C(=O)Oc1c(F)c(F)c(F)c(F)c1F. The number of rotatable bonds is 34. The lowest BCUT2D eigenvalue weighted by Gasteiger charge is -2.50. The Labute approximate surface area is 569 Å². The summed E-state index contributed by atoms with van der Waals surface area (Å²) in [7, 11) is 0. The van der Waals surface area contributed by atoms with Crippen molar-refractivity contribution >= 4 is 23.8 Å². The Morgan fingerprint density at radius 3 is 0.717 bits per heavy atom. The number of nitrogens with zero attached hydrogens (tertiary/aromatic N) is 4. The molecule has 0 spiro atoms. The van der Waals surface area contributed by atoms with Crippen molar-refractivity contribution in [3.05, 3.63) is 103 Å². The van der Waals surface area contributed by atoms with Crippen molar-refractivity contribution < 1.29 is 300 Å². The van der Waals surface area contributed by atoms with Crippen LogP contribution in [0.15, 0.2) is 5.11 Å². The second-order valence-corrected chi connectivity index (χ2v) is 19.2. The molecule has 1 amide bonds. The van der Waals surface area contributed by atoms with E-state index in [1.54, 1.807) is 0 Å². The Kier molecular flexibility index (Phi) is 25.4. The largest absolute Gasteiger partial charge is 0.477 e. The van der Waals surface area contributed by atoms with Crippen LogP contribution in [0.5, 0.6) is 11.5 Å². The van der Waals surface area contributed by atoms with Crippen LogP contribution in [0.4, 0.5) is 233 Å². The second kappa shape index (κ2) is 29.3. The van der Waals surface area contributed by atoms with Gasteiger partial charge in [-0.25, -0.2) is 100 Å². The predicted molar refractivity (Wildman–Crippen MR) is 217 cm³/mol. The van der Waals surface area contributed by atoms with Gasteiger partial charge in [0.1, 0.15) is 0 Å². The quantitative estimate of drug-likeness (QED) is 0.00561. The Morgan fingerprint density at radius 2 is 0.478 bits per heavy atom. The molecule has 0 aliphatic carbocycles. The van der Waals surface area contributed by atoms with E-state index in [1.165, 1.54) is 4.74 Å². The zero-order valence-electron chi connectivity index (χ0n) is 48.6. The van der Waals surface area contributed by atoms with Crippen molar-refractivity contribution in [1.82, 2.24) is 5.12 Å². The highest BCUT2D eigenvalue weighted by Crippen LogP contribution is 2.64. The maximum absolute atomic E-state index is 16.4. The molecule has 0 bridgehead atoms. The van der Waals surface area contributed by atoms with Gasteiger partial charge < -0.3 is 14.6 Å². The summed E-state index contributed by atoms with van der Waals surface area (Å²) in [6.07, 6.45) is -133. The van der Waals surface area contributed by atoms with Crippen LogP contribution in [-0.2, 0) is 58.1 Å². The average molecular weight is 1790 g/mol. The third kappa shape index (κ3) is 16.0. The molecular formula is C42HF53N4O14. The van der Waals surface area contributed by atoms with Crippen molar-refractivity contribution in [2.24, 2.45) is 5.11 Å². The lowest BCUT2D eigenvalue weighted by atomic mass is 9.92. The number of ether oxygens (including phenoxy) is 9. The van der Waals surface area contributed by atoms with Gasteiger partial charge in [0.05, 0.1) is 5.56 Å². The number of amides is 1. The Balaban J connectivity index is 2.52. The number of aliphatic carboxylic acids is 1. The van der Waals surface area contributed by atoms with Crippen molar-refractivity contribution in [2.45, 2.75) is 121 Å². The number of hydrogen-bond acceptors (Lipinski definition) is 14. The van der Waals surface area contributed by atoms with Crippen LogP contribution in [0.25, 0.3) is 10.4 Å². The highest BCUT2D eigenvalue weighted by atomic mass is 19.4. The fourth-order valence-corrected chi connectivity index (χ4v) is 6.52. The van der Waals surface area contributed by atoms with E-state index >= 15 is 87.9 Å². The summed E-state index contributed by atoms with van der Waals surface area (Å²) >= 11 is 0. The molecular weight excluding hydrogens is 1790 g/mol. The number of carboxylic acids is 1. The molecule has 3 aromatic carbocycles. The van der Waals surface area contributed by atoms with Gasteiger partial charge in [-0.05, 0) is 10.6 Å². The number of esters is 2. The van der Waals surface area contributed by atoms with Crippen LogP contribution in [0.1, 0.15) is 5.56 Å². The third-order valence-electron chi connectivity index (χ3n) is 11.9. The maximum Gasteiger partial charge on any atom is 0.453 e. The standard InChI is InChI=1S/C42HF53N4O14/c43-2-1(3(44)5(46)6(47)4(2)45)27(66,97-98-96)33(75,76)111-38(85,86)40(89,90)113-42(93,94)41(91,92)112-39(87,88)37(83,84)110-29(67,68)23(58,59)19(100)99(95)28(34(77,78)107-30(69,70)24(60,61)20(101)102,35(79,80)108-31(71,72)25(62,63)21(103)105-17-13(54)9(50)7(48)10(51)14(17)55)36(81,82)109-32(73,74)26(64,65)22(104)106-18-15(56)11(52)8(49)12(53)16(18)57/h(H,101,102). The minimum absolute atomic E-state index is 0.708. The van der Waals surface area contributed by atoms with Gasteiger partial charge in [-0.15, -0.1) is 5.12 Å². The third-order valence-corrected chi connectivity index (χ3v) is 11.9. The van der Waals surface area contributed by atoms with Gasteiger partial charge in [0.15, 0.2) is 23.3 Å². The van der Waals surface area contributed by atoms with Crippen LogP contribution < -0.4 is 9.47 Å². The van der Waals surface area contributed by atoms with Gasteiger partial charge in [0, 0.05) is 4.91 Å². The van der Waals surface area contributed by atoms with Crippen LogP contribution in [-0.4, -0.2) is 149 Å². The summed E-state index contributed by atoms with van der Waals surface area (Å²) in [5.41, 5.74) is -7.23. The smallest absolute Gasteiger partial charge is 0.453 e. The van der Waals surface area contributed by atoms with Crippen LogP contribution >= 0.6 is 0 Å². The minimum Gasteiger partial charge on any atom is -0.477 e. The second-order valence-electron chi connectivity index (χ2n) is 19.2. The van der Waals surface area contributed by atoms with Crippen LogP contribution in [0.3, 0.4) is 0 Å². The highest BCUT2D eigenvalue weighted by molar-refractivity contribution is 5.85. The molecule has 3 rings (SSSR count). The number of carbonyl (C=O) groups excluding carboxylic acids is 3. The molecule has 0 heterocycles. The zero-order chi connectivity index (χ0) is 90.1. The summed E-state index contributed by atoms with van der Waals surface area (Å²) < 4.78 is 789. The van der Waals surface area contributed by atoms with Crippen LogP contribution in [0, 0.1) is 87.3 Å². The number of carbonyl (C=O) groups is 4. The predicted octanol–water partition coefficient (Wildman–Crippen LogP) is 16.9. The normalized spacial score (nSPS) is 15.1. The molecule has 1 atom stereocenters. The molecule has 3 aromatic rings. The molecule has 1 N–H and O–H groups in total. The molecule has 1 unspecified atom stereocenters. The van der Waals surface area contributed by atoms with Crippen LogP contribution in [0.2, 0.25) is 0 Å². The van der Waals surface area contributed by atoms with Gasteiger partial charge in [-0.3, -0.25) is 4.79 Å². The van der Waals surface area contributed by atoms with E-state index in [4.69, 9.17) is 10.6 Å². The summed E-state index contributed by atoms with van der Waals surface area (Å²) in [6.45, 7) is 0. The number of alkyl halides is 37. The molecule has 18 nitrogen and oxygen atoms in total. The number of halogens is 53. The molecule has 0 saturated heterocycles. The van der Waals surface area contributed by atoms with Gasteiger partial charge >= 0.3 is 144 Å². The van der Waals surface area contributed by atoms with E-state index < -0.39 is 254 Å². The van der Waals surface area contributed by atoms with E-state index in [0.717, 1.165) is 33.7 Å². The Bertz CT molecular complexity index is 4070. The average Bonchev–Trinajstić information content (AvgIpc) is 0.679. The summed E-state index contributed by atoms with van der Waals surface area (Å²) in [4.78, 5) is 48.1. The number of carboxylic acid groups (broad SMARTS) is 1. The summed E-state index contributed by atoms with van der Waals surface area (Å²) in [5, 5.41) is 2.60. The van der Waals surface area contributed by atoms with E-state index in [9.17, 15) is 164 Å². The summed E-state index contributed by atoms with van der Waals surface area (Å²) in [6, 6.07) is 0. The molecule has 0 fully saturated rings. The van der Waals surface area contributed by atoms with Crippen molar-refractivity contribution in [3.8, 4) is 11.5 Å². The minimum atomic E-state index is -11.2. The molecule has 0 aromatic heterocycles. The molecule has 71 heteroatoms. The fourth-order valence-electron chi connectivity index (χ4n) is 6.52. The summed E-state index contributed by atoms with van der Waals surface area (Å²) in [5.74, 6) is -134. The monoisotopic (exact) mass is 1790 g/mol. The van der Waals surface area contributed by atoms with Gasteiger partial charge in [-0.1, -0.05) is 4.48 Å². The lowest BCUT2D eigenvalue weighted by Crippen LogP contribution is -2.83. The van der Waals surface area contributed by atoms with Crippen molar-refractivity contribution in [3.63, 3.8) is 0 Å². The number of hydrogen-bond donors (Lipinski definition) is 1. The number of benzene rings is 3. The first-order chi connectivity index (χ1) is 49.6. The molecule has 0 aliphatic heterocycles. The Morgan fingerprint density at radius 1 is 0.283 bits per heavy atom. The maximum atomic E-state index is 16.4. The Hall–Kier alpha value is -9.14. The zero-order valence-corrected chi connectivity index (χ0v) is 48.6. The van der Waals surface area contributed by atoms with Crippen molar-refractivity contribution in [1.29, 1.82) is 0 Å². The van der Waals surface area contributed by atoms with E-state index in [2.05, 4.69) is 9.47 Å². The van der Waals surface area contributed by atoms with Gasteiger partial charge in [0.2, 0.25) is 75.5 Å². The molecule has 0 radical (unpaired) electrons. The molecule has 644 valence electrons. The fraction of sp³-hybridized carbons (Fsp3) is 0.476. The van der Waals surface area contributed by atoms with E-state index in [1.807, 2.05) is 0 Å². The first-order valence-electron chi connectivity index (χ1n) is 24.3. The topological polar surface area (TPSA) is 224 Å². The lowest BCUT2D eigenvalue weighted by molar-refractivity contribution is -0.582. The van der Waals surface area contributed by atoms with Gasteiger partial charge in [0.25, 0.3) is 0 Å². The highest BCUT2D eigenvalue weighted by Gasteiger charge is 2.95. The van der Waals surface area contributed by atoms with Crippen molar-refractivity contribution in [2.75, 3.05) is 0 Å². The van der Waals surface area contributed by atoms with Gasteiger partial charge in [-0.2, -0.15) is 176 Å².